The molecular weight excluding hydrogens is 336 g/mol. The second-order valence-electron chi connectivity index (χ2n) is 5.58. The first-order chi connectivity index (χ1) is 9.73. The van der Waals surface area contributed by atoms with Gasteiger partial charge in [-0.25, -0.2) is 9.69 Å². The number of halogens is 1. The number of urea groups is 1. The zero-order chi connectivity index (χ0) is 15.9. The highest BCUT2D eigenvalue weighted by molar-refractivity contribution is 9.10. The minimum absolute atomic E-state index is 0.177. The number of nitrogens with one attached hydrogen (secondary N) is 1. The Balaban J connectivity index is 2.55. The minimum Gasteiger partial charge on any atom is -0.277 e. The molecule has 0 bridgehead atoms. The van der Waals surface area contributed by atoms with Gasteiger partial charge in [0.25, 0.3) is 0 Å². The summed E-state index contributed by atoms with van der Waals surface area (Å²) >= 11 is 3.39. The second kappa shape index (κ2) is 5.60. The van der Waals surface area contributed by atoms with Crippen LogP contribution in [-0.2, 0) is 9.59 Å². The normalized spacial score (nSPS) is 19.2. The minimum atomic E-state index is -0.842. The molecule has 6 heteroatoms. The summed E-state index contributed by atoms with van der Waals surface area (Å²) in [5, 5.41) is 2.27. The number of amides is 4. The van der Waals surface area contributed by atoms with Crippen molar-refractivity contribution >= 4 is 39.5 Å². The smallest absolute Gasteiger partial charge is 0.277 e. The third-order valence-corrected chi connectivity index (χ3v) is 4.01. The number of nitrogens with zero attached hydrogens (tertiary/aromatic N) is 1. The number of imide groups is 2. The Morgan fingerprint density at radius 1 is 1.14 bits per heavy atom. The van der Waals surface area contributed by atoms with E-state index < -0.39 is 23.8 Å². The molecule has 1 aliphatic rings. The van der Waals surface area contributed by atoms with E-state index in [4.69, 9.17) is 0 Å². The van der Waals surface area contributed by atoms with Gasteiger partial charge in [-0.3, -0.25) is 14.9 Å². The fourth-order valence-electron chi connectivity index (χ4n) is 2.65. The van der Waals surface area contributed by atoms with Crippen LogP contribution in [0.4, 0.5) is 10.5 Å². The first-order valence-corrected chi connectivity index (χ1v) is 7.49. The fraction of sp³-hybridized carbons (Fsp3) is 0.400. The third-order valence-electron chi connectivity index (χ3n) is 3.55. The van der Waals surface area contributed by atoms with Crippen LogP contribution in [-0.4, -0.2) is 17.8 Å². The van der Waals surface area contributed by atoms with Crippen LogP contribution in [0.2, 0.25) is 0 Å². The van der Waals surface area contributed by atoms with E-state index in [0.717, 1.165) is 20.5 Å². The first kappa shape index (κ1) is 15.7. The predicted octanol–water partition coefficient (Wildman–Crippen LogP) is 2.92. The maximum absolute atomic E-state index is 12.6. The number of rotatable bonds is 2. The molecule has 21 heavy (non-hydrogen) atoms. The lowest BCUT2D eigenvalue weighted by molar-refractivity contribution is -0.136. The fourth-order valence-corrected chi connectivity index (χ4v) is 3.33. The van der Waals surface area contributed by atoms with Crippen LogP contribution in [0.25, 0.3) is 0 Å². The van der Waals surface area contributed by atoms with Gasteiger partial charge in [-0.05, 0) is 43.0 Å². The maximum atomic E-state index is 12.6. The molecule has 1 aromatic rings. The SMILES string of the molecule is Cc1cc(Br)cc(C)c1N1C(=O)NC(=O)C(C(C)C)C1=O. The molecule has 0 saturated carbocycles. The van der Waals surface area contributed by atoms with Crippen LogP contribution in [0.1, 0.15) is 25.0 Å². The van der Waals surface area contributed by atoms with E-state index in [1.165, 1.54) is 0 Å². The average molecular weight is 353 g/mol. The highest BCUT2D eigenvalue weighted by Gasteiger charge is 2.43. The summed E-state index contributed by atoms with van der Waals surface area (Å²) in [6.45, 7) is 7.23. The van der Waals surface area contributed by atoms with Gasteiger partial charge in [-0.2, -0.15) is 0 Å². The molecule has 0 spiro atoms. The molecule has 0 radical (unpaired) electrons. The van der Waals surface area contributed by atoms with E-state index in [9.17, 15) is 14.4 Å². The Kier molecular flexibility index (Phi) is 4.18. The average Bonchev–Trinajstić information content (AvgIpc) is 2.30. The van der Waals surface area contributed by atoms with Crippen LogP contribution >= 0.6 is 15.9 Å². The van der Waals surface area contributed by atoms with Gasteiger partial charge in [-0.1, -0.05) is 29.8 Å². The van der Waals surface area contributed by atoms with Gasteiger partial charge in [0.1, 0.15) is 5.92 Å². The largest absolute Gasteiger partial charge is 0.335 e. The number of carbonyl (C=O) groups excluding carboxylic acids is 3. The lowest BCUT2D eigenvalue weighted by atomic mass is 9.91. The Bertz CT molecular complexity index is 617. The number of hydrogen-bond acceptors (Lipinski definition) is 3. The Labute approximate surface area is 131 Å². The van der Waals surface area contributed by atoms with Crippen LogP contribution in [0.15, 0.2) is 16.6 Å². The quantitative estimate of drug-likeness (QED) is 0.832. The molecule has 1 N–H and O–H groups in total. The second-order valence-corrected chi connectivity index (χ2v) is 6.49. The molecule has 4 amide bonds. The standard InChI is InChI=1S/C15H17BrN2O3/c1-7(2)11-13(19)17-15(21)18(14(11)20)12-8(3)5-10(16)6-9(12)4/h5-7,11H,1-4H3,(H,17,19,21). The summed E-state index contributed by atoms with van der Waals surface area (Å²) < 4.78 is 0.877. The molecule has 0 aliphatic carbocycles. The number of aryl methyl sites for hydroxylation is 2. The molecule has 1 fully saturated rings. The third kappa shape index (κ3) is 2.72. The summed E-state index contributed by atoms with van der Waals surface area (Å²) in [6, 6.07) is 2.99. The van der Waals surface area contributed by atoms with E-state index in [2.05, 4.69) is 21.2 Å². The number of benzene rings is 1. The molecule has 112 valence electrons. The van der Waals surface area contributed by atoms with Crippen molar-refractivity contribution in [3.63, 3.8) is 0 Å². The van der Waals surface area contributed by atoms with Crippen LogP contribution in [0, 0.1) is 25.7 Å². The topological polar surface area (TPSA) is 66.5 Å². The molecular formula is C15H17BrN2O3. The van der Waals surface area contributed by atoms with Crippen LogP contribution in [0.3, 0.4) is 0 Å². The van der Waals surface area contributed by atoms with Crippen molar-refractivity contribution in [1.29, 1.82) is 0 Å². The summed E-state index contributed by atoms with van der Waals surface area (Å²) in [7, 11) is 0. The zero-order valence-electron chi connectivity index (χ0n) is 12.4. The molecule has 1 heterocycles. The molecule has 5 nitrogen and oxygen atoms in total. The van der Waals surface area contributed by atoms with Gasteiger partial charge >= 0.3 is 6.03 Å². The number of anilines is 1. The summed E-state index contributed by atoms with van der Waals surface area (Å²) in [4.78, 5) is 37.7. The van der Waals surface area contributed by atoms with Crippen molar-refractivity contribution in [2.24, 2.45) is 11.8 Å². The Hall–Kier alpha value is -1.69. The zero-order valence-corrected chi connectivity index (χ0v) is 13.9. The van der Waals surface area contributed by atoms with Crippen LogP contribution in [0.5, 0.6) is 0 Å². The number of carbonyl (C=O) groups is 3. The summed E-state index contributed by atoms with van der Waals surface area (Å²) in [5.74, 6) is -2.01. The molecule has 1 unspecified atom stereocenters. The van der Waals surface area contributed by atoms with Crippen LogP contribution < -0.4 is 10.2 Å². The highest BCUT2D eigenvalue weighted by atomic mass is 79.9. The van der Waals surface area contributed by atoms with Gasteiger partial charge in [0.05, 0.1) is 5.69 Å². The number of hydrogen-bond donors (Lipinski definition) is 1. The molecule has 1 atom stereocenters. The Morgan fingerprint density at radius 2 is 1.67 bits per heavy atom. The molecule has 1 aromatic carbocycles. The highest BCUT2D eigenvalue weighted by Crippen LogP contribution is 2.32. The van der Waals surface area contributed by atoms with Crippen molar-refractivity contribution in [2.45, 2.75) is 27.7 Å². The van der Waals surface area contributed by atoms with Gasteiger partial charge in [0, 0.05) is 4.47 Å². The molecule has 0 aromatic heterocycles. The van der Waals surface area contributed by atoms with E-state index in [0.29, 0.717) is 5.69 Å². The van der Waals surface area contributed by atoms with Crippen molar-refractivity contribution in [1.82, 2.24) is 5.32 Å². The van der Waals surface area contributed by atoms with Gasteiger partial charge in [-0.15, -0.1) is 0 Å². The van der Waals surface area contributed by atoms with Crippen molar-refractivity contribution in [2.75, 3.05) is 4.90 Å². The lowest BCUT2D eigenvalue weighted by Gasteiger charge is -2.33. The lowest BCUT2D eigenvalue weighted by Crippen LogP contribution is -2.59. The van der Waals surface area contributed by atoms with Gasteiger partial charge in [0.15, 0.2) is 0 Å². The predicted molar refractivity (Wildman–Crippen MR) is 83.0 cm³/mol. The maximum Gasteiger partial charge on any atom is 0.335 e. The summed E-state index contributed by atoms with van der Waals surface area (Å²) in [5.41, 5.74) is 2.13. The molecule has 1 saturated heterocycles. The molecule has 2 rings (SSSR count). The van der Waals surface area contributed by atoms with Crippen molar-refractivity contribution in [3.05, 3.63) is 27.7 Å². The van der Waals surface area contributed by atoms with Crippen molar-refractivity contribution in [3.8, 4) is 0 Å². The number of barbiturate groups is 1. The van der Waals surface area contributed by atoms with Gasteiger partial charge < -0.3 is 0 Å². The Morgan fingerprint density at radius 3 is 2.14 bits per heavy atom. The summed E-state index contributed by atoms with van der Waals surface area (Å²) in [6.07, 6.45) is 0. The molecule has 1 aliphatic heterocycles. The van der Waals surface area contributed by atoms with E-state index >= 15 is 0 Å². The van der Waals surface area contributed by atoms with E-state index in [-0.39, 0.29) is 5.92 Å². The van der Waals surface area contributed by atoms with Gasteiger partial charge in [0.2, 0.25) is 11.8 Å². The van der Waals surface area contributed by atoms with E-state index in [1.54, 1.807) is 13.8 Å². The first-order valence-electron chi connectivity index (χ1n) is 6.69. The monoisotopic (exact) mass is 352 g/mol. The van der Waals surface area contributed by atoms with Crippen molar-refractivity contribution < 1.29 is 14.4 Å². The van der Waals surface area contributed by atoms with E-state index in [1.807, 2.05) is 26.0 Å².